The first-order chi connectivity index (χ1) is 15.6. The maximum Gasteiger partial charge on any atom is 0.251 e. The second kappa shape index (κ2) is 10.5. The number of primary amides is 1. The van der Waals surface area contributed by atoms with Gasteiger partial charge in [-0.05, 0) is 70.1 Å². The molecule has 0 saturated carbocycles. The average molecular weight is 457 g/mol. The summed E-state index contributed by atoms with van der Waals surface area (Å²) < 4.78 is 17.7. The lowest BCUT2D eigenvalue weighted by Gasteiger charge is -2.17. The summed E-state index contributed by atoms with van der Waals surface area (Å²) in [7, 11) is 0. The number of aliphatic hydroxyl groups is 1. The van der Waals surface area contributed by atoms with E-state index in [9.17, 15) is 14.3 Å². The van der Waals surface area contributed by atoms with Crippen molar-refractivity contribution in [2.24, 2.45) is 5.73 Å². The molecule has 1 aliphatic heterocycles. The van der Waals surface area contributed by atoms with Crippen molar-refractivity contribution < 1.29 is 19.0 Å². The Balaban J connectivity index is 0.000000374. The number of carbonyl (C=O) groups excluding carboxylic acids is 1. The number of fused-ring (bicyclic) bond motifs is 1. The predicted molar refractivity (Wildman–Crippen MR) is 124 cm³/mol. The molecule has 176 valence electrons. The summed E-state index contributed by atoms with van der Waals surface area (Å²) in [6, 6.07) is 8.66. The first-order valence-corrected chi connectivity index (χ1v) is 10.7. The molecule has 1 saturated heterocycles. The maximum atomic E-state index is 12.1. The Hall–Kier alpha value is -3.37. The zero-order valence-corrected chi connectivity index (χ0v) is 18.7. The molecule has 1 aromatic carbocycles. The molecule has 9 nitrogen and oxygen atoms in total. The van der Waals surface area contributed by atoms with Crippen LogP contribution in [0.15, 0.2) is 36.7 Å². The van der Waals surface area contributed by atoms with Gasteiger partial charge in [-0.3, -0.25) is 4.79 Å². The van der Waals surface area contributed by atoms with E-state index < -0.39 is 17.7 Å². The van der Waals surface area contributed by atoms with Gasteiger partial charge in [0.05, 0.1) is 16.9 Å². The standard InChI is InChI=1S/C18H19N5O3.C5H10FN/c1-18(2,25)8-26-11-5-3-10(4-6-11)13-7-12(17(20)24)14-15(23-13)16(19)22-9-21-14;6-5-1-3-7-4-2-5/h3-7,9,25H,8H2,1-2H3,(H2,20,24)(H2,19,21,22);5,7H,1-4H2. The number of hydrogen-bond acceptors (Lipinski definition) is 8. The van der Waals surface area contributed by atoms with Crippen molar-refractivity contribution in [2.75, 3.05) is 25.4 Å². The highest BCUT2D eigenvalue weighted by Crippen LogP contribution is 2.27. The van der Waals surface area contributed by atoms with Crippen molar-refractivity contribution in [3.05, 3.63) is 42.2 Å². The van der Waals surface area contributed by atoms with Gasteiger partial charge in [-0.25, -0.2) is 19.3 Å². The van der Waals surface area contributed by atoms with Crippen LogP contribution in [0, 0.1) is 0 Å². The number of nitrogens with zero attached hydrogens (tertiary/aromatic N) is 3. The van der Waals surface area contributed by atoms with Crippen molar-refractivity contribution in [2.45, 2.75) is 38.5 Å². The lowest BCUT2D eigenvalue weighted by Crippen LogP contribution is -2.28. The van der Waals surface area contributed by atoms with Gasteiger partial charge >= 0.3 is 0 Å². The number of pyridine rings is 1. The smallest absolute Gasteiger partial charge is 0.251 e. The SMILES string of the molecule is CC(C)(O)COc1ccc(-c2cc(C(N)=O)c3ncnc(N)c3n2)cc1.FC1CCNCC1. The number of amides is 1. The highest BCUT2D eigenvalue weighted by atomic mass is 19.1. The number of alkyl halides is 1. The summed E-state index contributed by atoms with van der Waals surface area (Å²) in [4.78, 5) is 24.2. The molecule has 1 fully saturated rings. The molecule has 1 amide bonds. The van der Waals surface area contributed by atoms with Crippen LogP contribution in [0.2, 0.25) is 0 Å². The Morgan fingerprint density at radius 1 is 1.21 bits per heavy atom. The molecule has 0 unspecified atom stereocenters. The van der Waals surface area contributed by atoms with E-state index in [2.05, 4.69) is 20.3 Å². The van der Waals surface area contributed by atoms with Gasteiger partial charge < -0.3 is 26.6 Å². The predicted octanol–water partition coefficient (Wildman–Crippen LogP) is 2.23. The lowest BCUT2D eigenvalue weighted by atomic mass is 10.1. The molecule has 10 heteroatoms. The van der Waals surface area contributed by atoms with Crippen LogP contribution in [-0.2, 0) is 0 Å². The number of nitrogen functional groups attached to an aromatic ring is 1. The van der Waals surface area contributed by atoms with Crippen LogP contribution in [0.3, 0.4) is 0 Å². The number of halogens is 1. The van der Waals surface area contributed by atoms with Crippen LogP contribution in [0.25, 0.3) is 22.3 Å². The number of hydrogen-bond donors (Lipinski definition) is 4. The molecule has 0 aliphatic carbocycles. The van der Waals surface area contributed by atoms with Crippen LogP contribution in [0.4, 0.5) is 10.2 Å². The molecule has 1 aliphatic rings. The number of anilines is 1. The van der Waals surface area contributed by atoms with Crippen molar-refractivity contribution in [3.63, 3.8) is 0 Å². The first kappa shape index (κ1) is 24.3. The second-order valence-corrected chi connectivity index (χ2v) is 8.43. The summed E-state index contributed by atoms with van der Waals surface area (Å²) >= 11 is 0. The molecule has 0 radical (unpaired) electrons. The van der Waals surface area contributed by atoms with Gasteiger partial charge in [0.25, 0.3) is 5.91 Å². The monoisotopic (exact) mass is 456 g/mol. The van der Waals surface area contributed by atoms with Crippen LogP contribution < -0.4 is 21.5 Å². The largest absolute Gasteiger partial charge is 0.491 e. The van der Waals surface area contributed by atoms with E-state index in [-0.39, 0.29) is 18.0 Å². The maximum absolute atomic E-state index is 12.1. The molecule has 3 heterocycles. The van der Waals surface area contributed by atoms with E-state index in [1.165, 1.54) is 6.33 Å². The third kappa shape index (κ3) is 6.80. The van der Waals surface area contributed by atoms with Crippen molar-refractivity contribution in [1.82, 2.24) is 20.3 Å². The van der Waals surface area contributed by atoms with Gasteiger partial charge in [0.1, 0.15) is 35.9 Å². The molecule has 4 rings (SSSR count). The number of nitrogens with two attached hydrogens (primary N) is 2. The topological polar surface area (TPSA) is 149 Å². The fourth-order valence-corrected chi connectivity index (χ4v) is 3.16. The van der Waals surface area contributed by atoms with E-state index in [0.717, 1.165) is 18.7 Å². The van der Waals surface area contributed by atoms with Gasteiger partial charge in [-0.1, -0.05) is 0 Å². The minimum absolute atomic E-state index is 0.167. The Morgan fingerprint density at radius 2 is 1.88 bits per heavy atom. The van der Waals surface area contributed by atoms with Crippen molar-refractivity contribution in [3.8, 4) is 17.0 Å². The number of piperidine rings is 1. The number of rotatable bonds is 5. The third-order valence-corrected chi connectivity index (χ3v) is 4.90. The lowest BCUT2D eigenvalue weighted by molar-refractivity contribution is 0.0285. The third-order valence-electron chi connectivity index (χ3n) is 4.90. The van der Waals surface area contributed by atoms with Crippen LogP contribution in [0.1, 0.15) is 37.0 Å². The summed E-state index contributed by atoms with van der Waals surface area (Å²) in [5, 5.41) is 12.8. The van der Waals surface area contributed by atoms with Crippen LogP contribution in [0.5, 0.6) is 5.75 Å². The van der Waals surface area contributed by atoms with Gasteiger partial charge in [-0.15, -0.1) is 0 Å². The Morgan fingerprint density at radius 3 is 2.42 bits per heavy atom. The molecule has 0 bridgehead atoms. The average Bonchev–Trinajstić information content (AvgIpc) is 2.78. The summed E-state index contributed by atoms with van der Waals surface area (Å²) in [6.45, 7) is 5.22. The number of ether oxygens (including phenoxy) is 1. The van der Waals surface area contributed by atoms with Crippen LogP contribution >= 0.6 is 0 Å². The van der Waals surface area contributed by atoms with Gasteiger partial charge in [0.15, 0.2) is 5.82 Å². The Bertz CT molecular complexity index is 1100. The Kier molecular flexibility index (Phi) is 7.72. The molecular weight excluding hydrogens is 427 g/mol. The highest BCUT2D eigenvalue weighted by Gasteiger charge is 2.16. The molecule has 0 atom stereocenters. The highest BCUT2D eigenvalue weighted by molar-refractivity contribution is 6.06. The number of nitrogens with one attached hydrogen (secondary N) is 1. The van der Waals surface area contributed by atoms with E-state index in [1.807, 2.05) is 0 Å². The quantitative estimate of drug-likeness (QED) is 0.457. The normalized spacial score (nSPS) is 14.4. The van der Waals surface area contributed by atoms with Gasteiger partial charge in [0, 0.05) is 5.56 Å². The number of carbonyl (C=O) groups is 1. The first-order valence-electron chi connectivity index (χ1n) is 10.7. The summed E-state index contributed by atoms with van der Waals surface area (Å²) in [6.07, 6.45) is 2.15. The zero-order valence-electron chi connectivity index (χ0n) is 18.7. The summed E-state index contributed by atoms with van der Waals surface area (Å²) in [5.74, 6) is 0.154. The van der Waals surface area contributed by atoms with Gasteiger partial charge in [-0.2, -0.15) is 0 Å². The van der Waals surface area contributed by atoms with E-state index in [1.54, 1.807) is 44.2 Å². The van der Waals surface area contributed by atoms with Gasteiger partial charge in [0.2, 0.25) is 0 Å². The minimum atomic E-state index is -0.924. The van der Waals surface area contributed by atoms with E-state index in [4.69, 9.17) is 16.2 Å². The summed E-state index contributed by atoms with van der Waals surface area (Å²) in [5.41, 5.74) is 12.5. The molecule has 3 aromatic rings. The molecule has 0 spiro atoms. The number of aromatic nitrogens is 3. The van der Waals surface area contributed by atoms with E-state index in [0.29, 0.717) is 35.3 Å². The molecule has 33 heavy (non-hydrogen) atoms. The zero-order chi connectivity index (χ0) is 24.0. The van der Waals surface area contributed by atoms with Crippen molar-refractivity contribution in [1.29, 1.82) is 0 Å². The number of benzene rings is 1. The van der Waals surface area contributed by atoms with E-state index >= 15 is 0 Å². The minimum Gasteiger partial charge on any atom is -0.491 e. The fraction of sp³-hybridized carbons (Fsp3) is 0.391. The van der Waals surface area contributed by atoms with Crippen molar-refractivity contribution >= 4 is 22.8 Å². The molecule has 6 N–H and O–H groups in total. The second-order valence-electron chi connectivity index (χ2n) is 8.43. The fourth-order valence-electron chi connectivity index (χ4n) is 3.16. The van der Waals surface area contributed by atoms with Crippen LogP contribution in [-0.4, -0.2) is 57.4 Å². The Labute approximate surface area is 191 Å². The molecular formula is C23H29FN6O3. The molecule has 2 aromatic heterocycles.